The normalized spacial score (nSPS) is 10.3. The van der Waals surface area contributed by atoms with Gasteiger partial charge in [-0.05, 0) is 29.8 Å². The Morgan fingerprint density at radius 1 is 1.38 bits per heavy atom. The van der Waals surface area contributed by atoms with Crippen LogP contribution in [0.15, 0.2) is 36.5 Å². The second-order valence-electron chi connectivity index (χ2n) is 3.46. The van der Waals surface area contributed by atoms with Gasteiger partial charge in [0.25, 0.3) is 0 Å². The Morgan fingerprint density at radius 2 is 2.19 bits per heavy atom. The molecule has 0 aliphatic carbocycles. The summed E-state index contributed by atoms with van der Waals surface area (Å²) >= 11 is 5.80. The SMILES string of the molecule is O=Cc1cccn1Cc1ccc(O)c(Cl)c1. The monoisotopic (exact) mass is 235 g/mol. The highest BCUT2D eigenvalue weighted by Crippen LogP contribution is 2.24. The number of phenolic OH excluding ortho intramolecular Hbond substituents is 1. The van der Waals surface area contributed by atoms with Crippen molar-refractivity contribution in [1.29, 1.82) is 0 Å². The summed E-state index contributed by atoms with van der Waals surface area (Å²) in [5.74, 6) is 0.0635. The van der Waals surface area contributed by atoms with Crippen molar-refractivity contribution in [2.24, 2.45) is 0 Å². The van der Waals surface area contributed by atoms with Crippen LogP contribution in [-0.2, 0) is 6.54 Å². The number of nitrogens with zero attached hydrogens (tertiary/aromatic N) is 1. The smallest absolute Gasteiger partial charge is 0.166 e. The molecule has 1 heterocycles. The van der Waals surface area contributed by atoms with Crippen LogP contribution in [0, 0.1) is 0 Å². The first kappa shape index (κ1) is 10.8. The highest BCUT2D eigenvalue weighted by molar-refractivity contribution is 6.32. The number of aromatic hydroxyl groups is 1. The van der Waals surface area contributed by atoms with E-state index in [-0.39, 0.29) is 5.75 Å². The topological polar surface area (TPSA) is 42.2 Å². The van der Waals surface area contributed by atoms with E-state index >= 15 is 0 Å². The van der Waals surface area contributed by atoms with Gasteiger partial charge in [-0.25, -0.2) is 0 Å². The van der Waals surface area contributed by atoms with Crippen molar-refractivity contribution in [3.05, 3.63) is 52.8 Å². The number of hydrogen-bond acceptors (Lipinski definition) is 2. The molecule has 0 unspecified atom stereocenters. The first-order chi connectivity index (χ1) is 7.70. The van der Waals surface area contributed by atoms with Gasteiger partial charge < -0.3 is 9.67 Å². The fourth-order valence-corrected chi connectivity index (χ4v) is 1.73. The molecule has 0 saturated heterocycles. The first-order valence-electron chi connectivity index (χ1n) is 4.78. The van der Waals surface area contributed by atoms with Crippen molar-refractivity contribution >= 4 is 17.9 Å². The van der Waals surface area contributed by atoms with E-state index in [0.29, 0.717) is 17.3 Å². The van der Waals surface area contributed by atoms with Crippen molar-refractivity contribution in [2.45, 2.75) is 6.54 Å². The Kier molecular flexibility index (Phi) is 2.97. The number of carbonyl (C=O) groups is 1. The van der Waals surface area contributed by atoms with Gasteiger partial charge in [0.2, 0.25) is 0 Å². The van der Waals surface area contributed by atoms with Gasteiger partial charge >= 0.3 is 0 Å². The number of halogens is 1. The Bertz CT molecular complexity index is 519. The van der Waals surface area contributed by atoms with Gasteiger partial charge in [0, 0.05) is 12.7 Å². The number of benzene rings is 1. The summed E-state index contributed by atoms with van der Waals surface area (Å²) in [6.45, 7) is 0.557. The van der Waals surface area contributed by atoms with Crippen LogP contribution in [0.4, 0.5) is 0 Å². The number of phenols is 1. The number of hydrogen-bond donors (Lipinski definition) is 1. The quantitative estimate of drug-likeness (QED) is 0.832. The van der Waals surface area contributed by atoms with Crippen molar-refractivity contribution in [3.63, 3.8) is 0 Å². The Labute approximate surface area is 97.9 Å². The average molecular weight is 236 g/mol. The molecule has 82 valence electrons. The molecule has 3 nitrogen and oxygen atoms in total. The van der Waals surface area contributed by atoms with E-state index in [9.17, 15) is 9.90 Å². The molecule has 0 spiro atoms. The third-order valence-corrected chi connectivity index (χ3v) is 2.65. The van der Waals surface area contributed by atoms with Crippen LogP contribution in [0.2, 0.25) is 5.02 Å². The van der Waals surface area contributed by atoms with Crippen LogP contribution >= 0.6 is 11.6 Å². The standard InChI is InChI=1S/C12H10ClNO2/c13-11-6-9(3-4-12(11)16)7-14-5-1-2-10(14)8-15/h1-6,8,16H,7H2. The molecule has 1 aromatic heterocycles. The molecule has 0 radical (unpaired) electrons. The summed E-state index contributed by atoms with van der Waals surface area (Å²) in [6, 6.07) is 8.56. The molecule has 16 heavy (non-hydrogen) atoms. The number of carbonyl (C=O) groups excluding carboxylic acids is 1. The molecule has 0 atom stereocenters. The Balaban J connectivity index is 2.27. The van der Waals surface area contributed by atoms with E-state index in [0.717, 1.165) is 11.8 Å². The van der Waals surface area contributed by atoms with E-state index in [1.807, 2.05) is 16.8 Å². The van der Waals surface area contributed by atoms with Gasteiger partial charge in [0.1, 0.15) is 5.75 Å². The summed E-state index contributed by atoms with van der Waals surface area (Å²) < 4.78 is 1.82. The van der Waals surface area contributed by atoms with Gasteiger partial charge in [0.15, 0.2) is 6.29 Å². The molecular weight excluding hydrogens is 226 g/mol. The summed E-state index contributed by atoms with van der Waals surface area (Å²) in [7, 11) is 0. The predicted octanol–water partition coefficient (Wildman–Crippen LogP) is 2.71. The lowest BCUT2D eigenvalue weighted by Crippen LogP contribution is -2.01. The van der Waals surface area contributed by atoms with Crippen LogP contribution < -0.4 is 0 Å². The molecule has 2 rings (SSSR count). The molecule has 0 aliphatic rings. The van der Waals surface area contributed by atoms with Gasteiger partial charge in [-0.2, -0.15) is 0 Å². The fraction of sp³-hybridized carbons (Fsp3) is 0.0833. The van der Waals surface area contributed by atoms with Crippen LogP contribution in [0.5, 0.6) is 5.75 Å². The number of rotatable bonds is 3. The molecule has 1 N–H and O–H groups in total. The number of aromatic nitrogens is 1. The Morgan fingerprint density at radius 3 is 2.88 bits per heavy atom. The van der Waals surface area contributed by atoms with Gasteiger partial charge in [-0.15, -0.1) is 0 Å². The maximum absolute atomic E-state index is 10.7. The molecular formula is C12H10ClNO2. The third kappa shape index (κ3) is 2.09. The van der Waals surface area contributed by atoms with Crippen LogP contribution in [-0.4, -0.2) is 16.0 Å². The van der Waals surface area contributed by atoms with Gasteiger partial charge in [-0.1, -0.05) is 17.7 Å². The molecule has 0 amide bonds. The van der Waals surface area contributed by atoms with E-state index < -0.39 is 0 Å². The lowest BCUT2D eigenvalue weighted by molar-refractivity contribution is 0.111. The fourth-order valence-electron chi connectivity index (χ4n) is 1.52. The molecule has 0 fully saturated rings. The minimum Gasteiger partial charge on any atom is -0.506 e. The highest BCUT2D eigenvalue weighted by atomic mass is 35.5. The van der Waals surface area contributed by atoms with E-state index in [4.69, 9.17) is 11.6 Å². The molecule has 4 heteroatoms. The maximum Gasteiger partial charge on any atom is 0.166 e. The molecule has 0 bridgehead atoms. The zero-order chi connectivity index (χ0) is 11.5. The lowest BCUT2D eigenvalue weighted by Gasteiger charge is -2.06. The van der Waals surface area contributed by atoms with Crippen LogP contribution in [0.1, 0.15) is 16.1 Å². The average Bonchev–Trinajstić information content (AvgIpc) is 2.71. The maximum atomic E-state index is 10.7. The van der Waals surface area contributed by atoms with E-state index in [1.54, 1.807) is 24.3 Å². The molecule has 0 saturated carbocycles. The minimum atomic E-state index is 0.0635. The largest absolute Gasteiger partial charge is 0.506 e. The summed E-state index contributed by atoms with van der Waals surface area (Å²) in [5, 5.41) is 9.59. The van der Waals surface area contributed by atoms with Crippen LogP contribution in [0.3, 0.4) is 0 Å². The van der Waals surface area contributed by atoms with Crippen molar-refractivity contribution in [1.82, 2.24) is 4.57 Å². The summed E-state index contributed by atoms with van der Waals surface area (Å²) in [4.78, 5) is 10.7. The first-order valence-corrected chi connectivity index (χ1v) is 5.16. The molecule has 0 aliphatic heterocycles. The van der Waals surface area contributed by atoms with Gasteiger partial charge in [-0.3, -0.25) is 4.79 Å². The predicted molar refractivity (Wildman–Crippen MR) is 62.0 cm³/mol. The summed E-state index contributed by atoms with van der Waals surface area (Å²) in [5.41, 5.74) is 1.55. The van der Waals surface area contributed by atoms with E-state index in [1.165, 1.54) is 0 Å². The minimum absolute atomic E-state index is 0.0635. The van der Waals surface area contributed by atoms with Crippen molar-refractivity contribution < 1.29 is 9.90 Å². The second-order valence-corrected chi connectivity index (χ2v) is 3.87. The molecule has 2 aromatic rings. The third-order valence-electron chi connectivity index (χ3n) is 2.35. The van der Waals surface area contributed by atoms with Crippen molar-refractivity contribution in [2.75, 3.05) is 0 Å². The van der Waals surface area contributed by atoms with Crippen LogP contribution in [0.25, 0.3) is 0 Å². The Hall–Kier alpha value is -1.74. The summed E-state index contributed by atoms with van der Waals surface area (Å²) in [6.07, 6.45) is 2.63. The second kappa shape index (κ2) is 4.41. The molecule has 1 aromatic carbocycles. The van der Waals surface area contributed by atoms with Crippen molar-refractivity contribution in [3.8, 4) is 5.75 Å². The van der Waals surface area contributed by atoms with Gasteiger partial charge in [0.05, 0.1) is 10.7 Å². The number of aldehydes is 1. The lowest BCUT2D eigenvalue weighted by atomic mass is 10.2. The zero-order valence-corrected chi connectivity index (χ0v) is 9.19. The van der Waals surface area contributed by atoms with E-state index in [2.05, 4.69) is 0 Å². The highest BCUT2D eigenvalue weighted by Gasteiger charge is 2.03. The zero-order valence-electron chi connectivity index (χ0n) is 8.43.